The fraction of sp³-hybridized carbons (Fsp3) is 0.125. The van der Waals surface area contributed by atoms with E-state index in [1.807, 2.05) is 61.5 Å². The van der Waals surface area contributed by atoms with Gasteiger partial charge >= 0.3 is 0 Å². The molecule has 0 unspecified atom stereocenters. The molecule has 0 saturated heterocycles. The van der Waals surface area contributed by atoms with Gasteiger partial charge in [-0.05, 0) is 41.8 Å². The van der Waals surface area contributed by atoms with Gasteiger partial charge in [0, 0.05) is 22.2 Å². The first-order chi connectivity index (χ1) is 14.0. The van der Waals surface area contributed by atoms with E-state index in [4.69, 9.17) is 23.2 Å². The molecule has 5 heteroatoms. The zero-order valence-electron chi connectivity index (χ0n) is 15.8. The number of nitrogens with zero attached hydrogens (tertiary/aromatic N) is 1. The predicted octanol–water partition coefficient (Wildman–Crippen LogP) is 6.35. The highest BCUT2D eigenvalue weighted by Gasteiger charge is 2.41. The van der Waals surface area contributed by atoms with E-state index < -0.39 is 11.9 Å². The van der Waals surface area contributed by atoms with Crippen LogP contribution in [0.4, 0.5) is 0 Å². The van der Waals surface area contributed by atoms with Crippen LogP contribution in [0.5, 0.6) is 0 Å². The summed E-state index contributed by atoms with van der Waals surface area (Å²) < 4.78 is 0. The van der Waals surface area contributed by atoms with Gasteiger partial charge in [-0.15, -0.1) is 0 Å². The predicted molar refractivity (Wildman–Crippen MR) is 117 cm³/mol. The minimum absolute atomic E-state index is 0.235. The number of aliphatic hydroxyl groups is 1. The summed E-state index contributed by atoms with van der Waals surface area (Å²) in [7, 11) is 0. The van der Waals surface area contributed by atoms with Gasteiger partial charge in [-0.2, -0.15) is 0 Å². The minimum atomic E-state index is -0.446. The lowest BCUT2D eigenvalue weighted by atomic mass is 9.93. The van der Waals surface area contributed by atoms with Crippen LogP contribution in [0.2, 0.25) is 10.0 Å². The average molecular weight is 424 g/mol. The number of amides is 1. The lowest BCUT2D eigenvalue weighted by Gasteiger charge is -2.28. The maximum absolute atomic E-state index is 13.1. The van der Waals surface area contributed by atoms with Gasteiger partial charge < -0.3 is 10.0 Å². The molecule has 4 rings (SSSR count). The number of hydrogen-bond donors (Lipinski definition) is 1. The second kappa shape index (κ2) is 7.94. The highest BCUT2D eigenvalue weighted by molar-refractivity contribution is 6.31. The second-order valence-corrected chi connectivity index (χ2v) is 7.95. The van der Waals surface area contributed by atoms with Crippen molar-refractivity contribution in [2.75, 3.05) is 0 Å². The molecule has 0 fully saturated rings. The molecule has 1 heterocycles. The fourth-order valence-corrected chi connectivity index (χ4v) is 3.97. The van der Waals surface area contributed by atoms with Crippen LogP contribution in [-0.2, 0) is 11.3 Å². The molecule has 3 aromatic carbocycles. The molecule has 0 bridgehead atoms. The Morgan fingerprint density at radius 3 is 2.24 bits per heavy atom. The Labute approximate surface area is 179 Å². The summed E-state index contributed by atoms with van der Waals surface area (Å²) in [5.41, 5.74) is 4.19. The molecule has 29 heavy (non-hydrogen) atoms. The van der Waals surface area contributed by atoms with Crippen molar-refractivity contribution < 1.29 is 9.90 Å². The maximum Gasteiger partial charge on any atom is 0.290 e. The molecule has 1 aliphatic rings. The molecule has 3 nitrogen and oxygen atoms in total. The van der Waals surface area contributed by atoms with E-state index in [1.54, 1.807) is 23.1 Å². The third kappa shape index (κ3) is 3.76. The van der Waals surface area contributed by atoms with Crippen molar-refractivity contribution in [2.24, 2.45) is 0 Å². The van der Waals surface area contributed by atoms with Crippen LogP contribution in [0.25, 0.3) is 5.57 Å². The highest BCUT2D eigenvalue weighted by Crippen LogP contribution is 2.44. The Morgan fingerprint density at radius 2 is 1.59 bits per heavy atom. The quantitative estimate of drug-likeness (QED) is 0.530. The van der Waals surface area contributed by atoms with Crippen LogP contribution < -0.4 is 0 Å². The molecule has 0 aliphatic carbocycles. The molecular formula is C24H19Cl2NO2. The third-order valence-corrected chi connectivity index (χ3v) is 5.77. The van der Waals surface area contributed by atoms with Crippen molar-refractivity contribution in [1.82, 2.24) is 4.90 Å². The Morgan fingerprint density at radius 1 is 0.931 bits per heavy atom. The van der Waals surface area contributed by atoms with Gasteiger partial charge in [0.05, 0.1) is 6.04 Å². The molecule has 1 atom stereocenters. The fourth-order valence-electron chi connectivity index (χ4n) is 3.65. The number of aliphatic hydroxyl groups excluding tert-OH is 1. The topological polar surface area (TPSA) is 40.5 Å². The number of hydrogen-bond acceptors (Lipinski definition) is 2. The van der Waals surface area contributed by atoms with Gasteiger partial charge in [0.2, 0.25) is 0 Å². The second-order valence-electron chi connectivity index (χ2n) is 7.11. The third-order valence-electron chi connectivity index (χ3n) is 5.15. The van der Waals surface area contributed by atoms with E-state index >= 15 is 0 Å². The smallest absolute Gasteiger partial charge is 0.290 e. The first-order valence-electron chi connectivity index (χ1n) is 9.25. The minimum Gasteiger partial charge on any atom is -0.503 e. The van der Waals surface area contributed by atoms with Gasteiger partial charge in [-0.3, -0.25) is 4.79 Å². The Hall–Kier alpha value is -2.75. The van der Waals surface area contributed by atoms with Crippen molar-refractivity contribution in [3.8, 4) is 0 Å². The lowest BCUT2D eigenvalue weighted by Crippen LogP contribution is -2.30. The highest BCUT2D eigenvalue weighted by atomic mass is 35.5. The van der Waals surface area contributed by atoms with Crippen LogP contribution in [0, 0.1) is 6.92 Å². The standard InChI is InChI=1S/C24H19Cl2NO2/c1-15-6-8-16(9-7-15)21-22(17-10-12-19(25)13-11-17)27(24(29)23(21)28)14-18-4-2-3-5-20(18)26/h2-13,22,28H,14H2,1H3/t22-/m0/s1. The Kier molecular flexibility index (Phi) is 5.35. The number of rotatable bonds is 4. The van der Waals surface area contributed by atoms with Crippen LogP contribution >= 0.6 is 23.2 Å². The number of benzene rings is 3. The molecule has 0 aromatic heterocycles. The van der Waals surface area contributed by atoms with Gasteiger partial charge in [0.1, 0.15) is 0 Å². The molecule has 0 radical (unpaired) electrons. The van der Waals surface area contributed by atoms with E-state index in [0.717, 1.165) is 22.3 Å². The zero-order valence-corrected chi connectivity index (χ0v) is 17.3. The SMILES string of the molecule is Cc1ccc(C2=C(O)C(=O)N(Cc3ccccc3Cl)[C@H]2c2ccc(Cl)cc2)cc1. The summed E-state index contributed by atoms with van der Waals surface area (Å²) in [5.74, 6) is -0.652. The molecule has 1 aliphatic heterocycles. The summed E-state index contributed by atoms with van der Waals surface area (Å²) >= 11 is 12.4. The van der Waals surface area contributed by atoms with Crippen molar-refractivity contribution in [3.63, 3.8) is 0 Å². The molecule has 146 valence electrons. The Balaban J connectivity index is 1.83. The monoisotopic (exact) mass is 423 g/mol. The van der Waals surface area contributed by atoms with Crippen molar-refractivity contribution in [1.29, 1.82) is 0 Å². The van der Waals surface area contributed by atoms with Gasteiger partial charge in [0.25, 0.3) is 5.91 Å². The average Bonchev–Trinajstić information content (AvgIpc) is 2.96. The normalized spacial score (nSPS) is 16.6. The van der Waals surface area contributed by atoms with Crippen LogP contribution in [-0.4, -0.2) is 15.9 Å². The van der Waals surface area contributed by atoms with Gasteiger partial charge in [-0.25, -0.2) is 0 Å². The number of aryl methyl sites for hydroxylation is 1. The summed E-state index contributed by atoms with van der Waals surface area (Å²) in [6.45, 7) is 2.28. The van der Waals surface area contributed by atoms with Crippen molar-refractivity contribution in [2.45, 2.75) is 19.5 Å². The van der Waals surface area contributed by atoms with Crippen LogP contribution in [0.3, 0.4) is 0 Å². The summed E-state index contributed by atoms with van der Waals surface area (Å²) in [5, 5.41) is 12.0. The Bertz CT molecular complexity index is 1090. The van der Waals surface area contributed by atoms with E-state index in [9.17, 15) is 9.90 Å². The van der Waals surface area contributed by atoms with E-state index in [-0.39, 0.29) is 12.3 Å². The number of carbonyl (C=O) groups excluding carboxylic acids is 1. The number of halogens is 2. The molecule has 0 spiro atoms. The van der Waals surface area contributed by atoms with E-state index in [0.29, 0.717) is 15.6 Å². The summed E-state index contributed by atoms with van der Waals surface area (Å²) in [6, 6.07) is 22.1. The first-order valence-corrected chi connectivity index (χ1v) is 10.0. The van der Waals surface area contributed by atoms with E-state index in [1.165, 1.54) is 0 Å². The van der Waals surface area contributed by atoms with Crippen molar-refractivity contribution in [3.05, 3.63) is 111 Å². The molecule has 1 amide bonds. The van der Waals surface area contributed by atoms with Crippen LogP contribution in [0.15, 0.2) is 78.6 Å². The molecular weight excluding hydrogens is 405 g/mol. The van der Waals surface area contributed by atoms with Gasteiger partial charge in [0.15, 0.2) is 5.76 Å². The molecule has 3 aromatic rings. The van der Waals surface area contributed by atoms with Gasteiger partial charge in [-0.1, -0.05) is 83.4 Å². The van der Waals surface area contributed by atoms with Crippen LogP contribution in [0.1, 0.15) is 28.3 Å². The van der Waals surface area contributed by atoms with Crippen molar-refractivity contribution >= 4 is 34.7 Å². The summed E-state index contributed by atoms with van der Waals surface area (Å²) in [4.78, 5) is 14.7. The zero-order chi connectivity index (χ0) is 20.5. The molecule has 1 N–H and O–H groups in total. The molecule has 0 saturated carbocycles. The number of carbonyl (C=O) groups is 1. The maximum atomic E-state index is 13.1. The summed E-state index contributed by atoms with van der Waals surface area (Å²) in [6.07, 6.45) is 0. The first kappa shape index (κ1) is 19.6. The largest absolute Gasteiger partial charge is 0.503 e. The van der Waals surface area contributed by atoms with E-state index in [2.05, 4.69) is 0 Å². The lowest BCUT2D eigenvalue weighted by molar-refractivity contribution is -0.130.